The number of hydrogen-bond donors (Lipinski definition) is 0. The summed E-state index contributed by atoms with van der Waals surface area (Å²) < 4.78 is 12.4. The molecule has 0 N–H and O–H groups in total. The molecule has 0 bridgehead atoms. The number of ether oxygens (including phenoxy) is 2. The van der Waals surface area contributed by atoms with Gasteiger partial charge in [-0.3, -0.25) is 4.98 Å². The molecule has 0 saturated carbocycles. The molecule has 0 radical (unpaired) electrons. The molecule has 0 amide bonds. The zero-order valence-electron chi connectivity index (χ0n) is 15.7. The van der Waals surface area contributed by atoms with Crippen LogP contribution in [0, 0.1) is 0 Å². The Kier molecular flexibility index (Phi) is 3.76. The average molecular weight is 369 g/mol. The zero-order valence-corrected chi connectivity index (χ0v) is 15.7. The Morgan fingerprint density at radius 3 is 2.61 bits per heavy atom. The first kappa shape index (κ1) is 16.7. The molecule has 5 rings (SSSR count). The Morgan fingerprint density at radius 2 is 1.75 bits per heavy atom. The largest absolute Gasteiger partial charge is 0.483 e. The van der Waals surface area contributed by atoms with Gasteiger partial charge in [-0.2, -0.15) is 4.98 Å². The number of hydrogen-bond acceptors (Lipinski definition) is 5. The lowest BCUT2D eigenvalue weighted by molar-refractivity contribution is 0.135. The highest BCUT2D eigenvalue weighted by atomic mass is 16.5. The van der Waals surface area contributed by atoms with Crippen LogP contribution in [0.15, 0.2) is 67.0 Å². The molecule has 0 saturated heterocycles. The van der Waals surface area contributed by atoms with Gasteiger partial charge in [0.2, 0.25) is 5.88 Å². The number of pyridine rings is 1. The van der Waals surface area contributed by atoms with E-state index in [2.05, 4.69) is 24.9 Å². The van der Waals surface area contributed by atoms with Crippen molar-refractivity contribution in [3.63, 3.8) is 0 Å². The average Bonchev–Trinajstić information content (AvgIpc) is 3.03. The standard InChI is InChI=1S/C23H19N3O2/c1-23(2)14-16-6-5-9-19(20(16)28-23)27-22-17-7-3-4-8-18(17)25-21(26-22)15-10-12-24-13-11-15/h3-13H,14H2,1-2H3. The molecule has 5 nitrogen and oxygen atoms in total. The SMILES string of the molecule is CC1(C)Cc2cccc(Oc3nc(-c4ccncc4)nc4ccccc34)c2O1. The molecule has 2 aromatic heterocycles. The van der Waals surface area contributed by atoms with Crippen molar-refractivity contribution in [2.24, 2.45) is 0 Å². The molecule has 0 atom stereocenters. The van der Waals surface area contributed by atoms with Gasteiger partial charge in [0.25, 0.3) is 0 Å². The lowest BCUT2D eigenvalue weighted by Gasteiger charge is -2.18. The molecule has 1 aliphatic rings. The van der Waals surface area contributed by atoms with Gasteiger partial charge in [0.15, 0.2) is 17.3 Å². The van der Waals surface area contributed by atoms with E-state index in [0.717, 1.165) is 34.2 Å². The van der Waals surface area contributed by atoms with E-state index in [1.807, 2.05) is 48.5 Å². The second kappa shape index (κ2) is 6.30. The first-order valence-corrected chi connectivity index (χ1v) is 9.25. The van der Waals surface area contributed by atoms with E-state index in [4.69, 9.17) is 19.4 Å². The maximum atomic E-state index is 6.30. The summed E-state index contributed by atoms with van der Waals surface area (Å²) in [6.45, 7) is 4.16. The number of fused-ring (bicyclic) bond motifs is 2. The van der Waals surface area contributed by atoms with Crippen LogP contribution in [0.1, 0.15) is 19.4 Å². The normalized spacial score (nSPS) is 14.5. The predicted molar refractivity (Wildman–Crippen MR) is 108 cm³/mol. The molecule has 0 spiro atoms. The van der Waals surface area contributed by atoms with Gasteiger partial charge in [-0.1, -0.05) is 24.3 Å². The molecule has 4 aromatic rings. The highest BCUT2D eigenvalue weighted by molar-refractivity contribution is 5.85. The van der Waals surface area contributed by atoms with Crippen molar-refractivity contribution in [3.8, 4) is 28.8 Å². The van der Waals surface area contributed by atoms with Crippen LogP contribution in [0.3, 0.4) is 0 Å². The van der Waals surface area contributed by atoms with E-state index in [9.17, 15) is 0 Å². The van der Waals surface area contributed by atoms with Crippen LogP contribution in [0.4, 0.5) is 0 Å². The van der Waals surface area contributed by atoms with Crippen LogP contribution < -0.4 is 9.47 Å². The Morgan fingerprint density at radius 1 is 0.929 bits per heavy atom. The van der Waals surface area contributed by atoms with Crippen molar-refractivity contribution in [1.82, 2.24) is 15.0 Å². The fourth-order valence-corrected chi connectivity index (χ4v) is 3.53. The number of nitrogens with zero attached hydrogens (tertiary/aromatic N) is 3. The summed E-state index contributed by atoms with van der Waals surface area (Å²) in [7, 11) is 0. The van der Waals surface area contributed by atoms with E-state index in [0.29, 0.717) is 17.5 Å². The lowest BCUT2D eigenvalue weighted by atomic mass is 10.0. The maximum absolute atomic E-state index is 6.30. The molecule has 5 heteroatoms. The Hall–Kier alpha value is -3.47. The second-order valence-corrected chi connectivity index (χ2v) is 7.49. The molecule has 0 aliphatic carbocycles. The number of rotatable bonds is 3. The van der Waals surface area contributed by atoms with Crippen LogP contribution in [0.25, 0.3) is 22.3 Å². The number of benzene rings is 2. The van der Waals surface area contributed by atoms with Gasteiger partial charge >= 0.3 is 0 Å². The minimum atomic E-state index is -0.238. The van der Waals surface area contributed by atoms with Crippen molar-refractivity contribution in [2.75, 3.05) is 0 Å². The van der Waals surface area contributed by atoms with E-state index in [-0.39, 0.29) is 5.60 Å². The van der Waals surface area contributed by atoms with Crippen molar-refractivity contribution in [1.29, 1.82) is 0 Å². The minimum Gasteiger partial charge on any atom is -0.483 e. The topological polar surface area (TPSA) is 57.1 Å². The van der Waals surface area contributed by atoms with Crippen LogP contribution in [0.2, 0.25) is 0 Å². The Labute approximate surface area is 163 Å². The minimum absolute atomic E-state index is 0.238. The molecule has 3 heterocycles. The first-order valence-electron chi connectivity index (χ1n) is 9.25. The fourth-order valence-electron chi connectivity index (χ4n) is 3.53. The van der Waals surface area contributed by atoms with Gasteiger partial charge < -0.3 is 9.47 Å². The Bertz CT molecular complexity index is 1170. The van der Waals surface area contributed by atoms with Crippen LogP contribution in [0.5, 0.6) is 17.4 Å². The molecule has 1 aliphatic heterocycles. The molecular formula is C23H19N3O2. The van der Waals surface area contributed by atoms with Crippen LogP contribution in [-0.4, -0.2) is 20.6 Å². The summed E-state index contributed by atoms with van der Waals surface area (Å²) in [5.74, 6) is 2.58. The zero-order chi connectivity index (χ0) is 19.1. The third-order valence-corrected chi connectivity index (χ3v) is 4.77. The maximum Gasteiger partial charge on any atom is 0.230 e. The smallest absolute Gasteiger partial charge is 0.230 e. The first-order chi connectivity index (χ1) is 13.6. The van der Waals surface area contributed by atoms with Crippen molar-refractivity contribution < 1.29 is 9.47 Å². The van der Waals surface area contributed by atoms with Gasteiger partial charge in [0.05, 0.1) is 10.9 Å². The highest BCUT2D eigenvalue weighted by Crippen LogP contribution is 2.44. The van der Waals surface area contributed by atoms with Gasteiger partial charge in [-0.15, -0.1) is 0 Å². The quantitative estimate of drug-likeness (QED) is 0.497. The van der Waals surface area contributed by atoms with E-state index in [1.54, 1.807) is 12.4 Å². The second-order valence-electron chi connectivity index (χ2n) is 7.49. The lowest BCUT2D eigenvalue weighted by Crippen LogP contribution is -2.24. The van der Waals surface area contributed by atoms with Crippen LogP contribution in [-0.2, 0) is 6.42 Å². The molecule has 0 fully saturated rings. The molecule has 28 heavy (non-hydrogen) atoms. The van der Waals surface area contributed by atoms with Crippen molar-refractivity contribution in [3.05, 3.63) is 72.6 Å². The van der Waals surface area contributed by atoms with Gasteiger partial charge in [0, 0.05) is 29.9 Å². The van der Waals surface area contributed by atoms with Crippen molar-refractivity contribution in [2.45, 2.75) is 25.9 Å². The number of para-hydroxylation sites is 2. The summed E-state index contributed by atoms with van der Waals surface area (Å²) >= 11 is 0. The summed E-state index contributed by atoms with van der Waals surface area (Å²) in [5, 5.41) is 0.857. The van der Waals surface area contributed by atoms with Crippen molar-refractivity contribution >= 4 is 10.9 Å². The molecular weight excluding hydrogens is 350 g/mol. The van der Waals surface area contributed by atoms with Crippen LogP contribution >= 0.6 is 0 Å². The third-order valence-electron chi connectivity index (χ3n) is 4.77. The van der Waals surface area contributed by atoms with Gasteiger partial charge in [-0.25, -0.2) is 4.98 Å². The van der Waals surface area contributed by atoms with Gasteiger partial charge in [0.1, 0.15) is 5.60 Å². The Balaban J connectivity index is 1.63. The fraction of sp³-hybridized carbons (Fsp3) is 0.174. The monoisotopic (exact) mass is 369 g/mol. The summed E-state index contributed by atoms with van der Waals surface area (Å²) in [5.41, 5.74) is 2.63. The molecule has 0 unspecified atom stereocenters. The highest BCUT2D eigenvalue weighted by Gasteiger charge is 2.32. The van der Waals surface area contributed by atoms with E-state index < -0.39 is 0 Å². The number of aromatic nitrogens is 3. The van der Waals surface area contributed by atoms with Gasteiger partial charge in [-0.05, 0) is 44.2 Å². The molecule has 138 valence electrons. The summed E-state index contributed by atoms with van der Waals surface area (Å²) in [6, 6.07) is 17.6. The molecule has 2 aromatic carbocycles. The summed E-state index contributed by atoms with van der Waals surface area (Å²) in [4.78, 5) is 13.5. The predicted octanol–water partition coefficient (Wildman–Crippen LogP) is 5.20. The van der Waals surface area contributed by atoms with E-state index in [1.165, 1.54) is 0 Å². The summed E-state index contributed by atoms with van der Waals surface area (Å²) in [6.07, 6.45) is 4.31. The third kappa shape index (κ3) is 2.95. The van der Waals surface area contributed by atoms with E-state index >= 15 is 0 Å².